The van der Waals surface area contributed by atoms with Gasteiger partial charge in [-0.3, -0.25) is 9.78 Å². The highest BCUT2D eigenvalue weighted by Gasteiger charge is 2.32. The van der Waals surface area contributed by atoms with Crippen LogP contribution in [-0.4, -0.2) is 58.6 Å². The SMILES string of the molecule is COc1ccc2nccc([C@H](O)CC[C@@H]3CCN(CCCSc4cccc(C(F)(F)F)c4)C[C@@H]3CC(=O)O)c2c1. The summed E-state index contributed by atoms with van der Waals surface area (Å²) in [6, 6.07) is 12.8. The van der Waals surface area contributed by atoms with Crippen LogP contribution in [0.5, 0.6) is 5.75 Å². The van der Waals surface area contributed by atoms with Gasteiger partial charge in [0.05, 0.1) is 24.3 Å². The van der Waals surface area contributed by atoms with Crippen molar-refractivity contribution < 1.29 is 32.9 Å². The lowest BCUT2D eigenvalue weighted by Crippen LogP contribution is -2.42. The fourth-order valence-corrected chi connectivity index (χ4v) is 6.42. The van der Waals surface area contributed by atoms with Gasteiger partial charge in [-0.25, -0.2) is 0 Å². The molecule has 0 aliphatic carbocycles. The van der Waals surface area contributed by atoms with Crippen LogP contribution in [0, 0.1) is 11.8 Å². The third kappa shape index (κ3) is 8.11. The van der Waals surface area contributed by atoms with E-state index in [2.05, 4.69) is 9.88 Å². The first-order valence-corrected chi connectivity index (χ1v) is 14.5. The second-order valence-corrected chi connectivity index (χ2v) is 11.5. The zero-order valence-electron chi connectivity index (χ0n) is 22.4. The zero-order valence-corrected chi connectivity index (χ0v) is 23.3. The van der Waals surface area contributed by atoms with Crippen molar-refractivity contribution in [3.63, 3.8) is 0 Å². The van der Waals surface area contributed by atoms with Gasteiger partial charge in [0.1, 0.15) is 5.75 Å². The number of carbonyl (C=O) groups is 1. The molecule has 2 aromatic carbocycles. The van der Waals surface area contributed by atoms with Crippen LogP contribution in [0.1, 0.15) is 49.3 Å². The lowest BCUT2D eigenvalue weighted by atomic mass is 9.79. The summed E-state index contributed by atoms with van der Waals surface area (Å²) in [7, 11) is 1.60. The summed E-state index contributed by atoms with van der Waals surface area (Å²) in [5.41, 5.74) is 0.924. The number of thioether (sulfide) groups is 1. The molecular weight excluding hydrogens is 541 g/mol. The second-order valence-electron chi connectivity index (χ2n) is 10.3. The van der Waals surface area contributed by atoms with Gasteiger partial charge < -0.3 is 19.8 Å². The van der Waals surface area contributed by atoms with Crippen molar-refractivity contribution in [1.82, 2.24) is 9.88 Å². The van der Waals surface area contributed by atoms with Crippen molar-refractivity contribution >= 4 is 28.6 Å². The number of ether oxygens (including phenoxy) is 1. The van der Waals surface area contributed by atoms with Gasteiger partial charge in [0, 0.05) is 29.4 Å². The minimum atomic E-state index is -4.35. The van der Waals surface area contributed by atoms with Crippen molar-refractivity contribution in [2.24, 2.45) is 11.8 Å². The standard InChI is InChI=1S/C30H35F3N2O4S/c1-39-23-7-8-27-26(18-23)25(10-12-34-27)28(36)9-6-20-11-14-35(19-21(20)16-29(37)38)13-3-15-40-24-5-2-4-22(17-24)30(31,32)33/h2,4-5,7-8,10,12,17-18,20-21,28,36H,3,6,9,11,13-16,19H2,1H3,(H,37,38)/t20-,21+,28-/m1/s1. The van der Waals surface area contributed by atoms with E-state index < -0.39 is 23.8 Å². The highest BCUT2D eigenvalue weighted by atomic mass is 32.2. The molecule has 1 aliphatic rings. The number of likely N-dealkylation sites (tertiary alicyclic amines) is 1. The highest BCUT2D eigenvalue weighted by molar-refractivity contribution is 7.99. The summed E-state index contributed by atoms with van der Waals surface area (Å²) in [6.07, 6.45) is -0.421. The number of hydrogen-bond acceptors (Lipinski definition) is 6. The Labute approximate surface area is 236 Å². The molecule has 216 valence electrons. The molecule has 2 heterocycles. The van der Waals surface area contributed by atoms with Gasteiger partial charge in [0.25, 0.3) is 0 Å². The molecule has 6 nitrogen and oxygen atoms in total. The van der Waals surface area contributed by atoms with Gasteiger partial charge in [0.15, 0.2) is 0 Å². The number of carboxylic acid groups (broad SMARTS) is 1. The minimum absolute atomic E-state index is 0.0242. The van der Waals surface area contributed by atoms with E-state index in [0.717, 1.165) is 48.5 Å². The number of pyridine rings is 1. The summed E-state index contributed by atoms with van der Waals surface area (Å²) < 4.78 is 44.2. The fourth-order valence-electron chi connectivity index (χ4n) is 5.53. The average Bonchev–Trinajstić information content (AvgIpc) is 2.93. The molecule has 1 aromatic heterocycles. The molecule has 0 spiro atoms. The van der Waals surface area contributed by atoms with E-state index in [-0.39, 0.29) is 18.3 Å². The number of aliphatic carboxylic acids is 1. The van der Waals surface area contributed by atoms with Crippen molar-refractivity contribution in [1.29, 1.82) is 0 Å². The maximum absolute atomic E-state index is 13.0. The van der Waals surface area contributed by atoms with Crippen LogP contribution in [0.25, 0.3) is 10.9 Å². The Morgan fingerprint density at radius 2 is 2.02 bits per heavy atom. The van der Waals surface area contributed by atoms with Crippen LogP contribution in [0.15, 0.2) is 59.6 Å². The van der Waals surface area contributed by atoms with E-state index in [0.29, 0.717) is 35.8 Å². The Hall–Kier alpha value is -2.82. The predicted molar refractivity (Wildman–Crippen MR) is 150 cm³/mol. The van der Waals surface area contributed by atoms with E-state index in [1.54, 1.807) is 19.4 Å². The maximum Gasteiger partial charge on any atom is 0.416 e. The summed E-state index contributed by atoms with van der Waals surface area (Å²) in [6.45, 7) is 2.26. The number of aliphatic hydroxyl groups is 1. The number of halogens is 3. The molecular formula is C30H35F3N2O4S. The van der Waals surface area contributed by atoms with E-state index in [9.17, 15) is 28.2 Å². The first-order chi connectivity index (χ1) is 19.1. The average molecular weight is 577 g/mol. The summed E-state index contributed by atoms with van der Waals surface area (Å²) in [4.78, 5) is 18.9. The molecule has 3 atom stereocenters. The Balaban J connectivity index is 1.29. The Bertz CT molecular complexity index is 1290. The third-order valence-electron chi connectivity index (χ3n) is 7.61. The fraction of sp³-hybridized carbons (Fsp3) is 0.467. The van der Waals surface area contributed by atoms with Crippen LogP contribution in [0.3, 0.4) is 0 Å². The predicted octanol–water partition coefficient (Wildman–Crippen LogP) is 6.67. The van der Waals surface area contributed by atoms with Crippen molar-refractivity contribution in [2.75, 3.05) is 32.5 Å². The molecule has 1 fully saturated rings. The summed E-state index contributed by atoms with van der Waals surface area (Å²) >= 11 is 1.40. The van der Waals surface area contributed by atoms with Crippen LogP contribution >= 0.6 is 11.8 Å². The van der Waals surface area contributed by atoms with E-state index in [1.165, 1.54) is 23.9 Å². The number of aliphatic hydroxyl groups excluding tert-OH is 1. The zero-order chi connectivity index (χ0) is 28.7. The van der Waals surface area contributed by atoms with Crippen LogP contribution in [0.4, 0.5) is 13.2 Å². The van der Waals surface area contributed by atoms with Crippen LogP contribution in [0.2, 0.25) is 0 Å². The summed E-state index contributed by atoms with van der Waals surface area (Å²) in [5, 5.41) is 21.5. The van der Waals surface area contributed by atoms with Gasteiger partial charge in [-0.05, 0) is 104 Å². The molecule has 0 amide bonds. The van der Waals surface area contributed by atoms with Gasteiger partial charge in [-0.1, -0.05) is 6.07 Å². The highest BCUT2D eigenvalue weighted by Crippen LogP contribution is 2.35. The van der Waals surface area contributed by atoms with E-state index >= 15 is 0 Å². The van der Waals surface area contributed by atoms with Crippen LogP contribution < -0.4 is 4.74 Å². The van der Waals surface area contributed by atoms with Gasteiger partial charge >= 0.3 is 12.1 Å². The van der Waals surface area contributed by atoms with Crippen LogP contribution in [-0.2, 0) is 11.0 Å². The molecule has 0 bridgehead atoms. The van der Waals surface area contributed by atoms with E-state index in [1.807, 2.05) is 24.3 Å². The van der Waals surface area contributed by atoms with Crippen molar-refractivity contribution in [3.05, 3.63) is 65.9 Å². The number of carboxylic acids is 1. The van der Waals surface area contributed by atoms with Gasteiger partial charge in [-0.15, -0.1) is 11.8 Å². The minimum Gasteiger partial charge on any atom is -0.497 e. The topological polar surface area (TPSA) is 82.9 Å². The molecule has 0 unspecified atom stereocenters. The lowest BCUT2D eigenvalue weighted by molar-refractivity contribution is -0.139. The molecule has 0 saturated carbocycles. The van der Waals surface area contributed by atoms with E-state index in [4.69, 9.17) is 4.74 Å². The number of methoxy groups -OCH3 is 1. The second kappa shape index (κ2) is 13.7. The maximum atomic E-state index is 13.0. The largest absolute Gasteiger partial charge is 0.497 e. The summed E-state index contributed by atoms with van der Waals surface area (Å²) in [5.74, 6) is 0.704. The number of aromatic nitrogens is 1. The van der Waals surface area contributed by atoms with Crippen molar-refractivity contribution in [3.8, 4) is 5.75 Å². The Morgan fingerprint density at radius 3 is 2.77 bits per heavy atom. The number of piperidine rings is 1. The molecule has 0 radical (unpaired) electrons. The molecule has 3 aromatic rings. The molecule has 1 aliphatic heterocycles. The lowest BCUT2D eigenvalue weighted by Gasteiger charge is -2.38. The first kappa shape index (κ1) is 30.1. The number of hydrogen-bond donors (Lipinski definition) is 2. The van der Waals surface area contributed by atoms with Crippen molar-refractivity contribution in [2.45, 2.75) is 49.3 Å². The molecule has 1 saturated heterocycles. The Kier molecular flexibility index (Phi) is 10.3. The first-order valence-electron chi connectivity index (χ1n) is 13.5. The number of alkyl halides is 3. The quantitative estimate of drug-likeness (QED) is 0.184. The smallest absolute Gasteiger partial charge is 0.416 e. The Morgan fingerprint density at radius 1 is 1.20 bits per heavy atom. The number of fused-ring (bicyclic) bond motifs is 1. The third-order valence-corrected chi connectivity index (χ3v) is 8.69. The molecule has 40 heavy (non-hydrogen) atoms. The number of benzene rings is 2. The number of nitrogens with zero attached hydrogens (tertiary/aromatic N) is 2. The number of rotatable bonds is 12. The van der Waals surface area contributed by atoms with Gasteiger partial charge in [0.2, 0.25) is 0 Å². The molecule has 10 heteroatoms. The normalized spacial score (nSPS) is 19.0. The van der Waals surface area contributed by atoms with Gasteiger partial charge in [-0.2, -0.15) is 13.2 Å². The monoisotopic (exact) mass is 576 g/mol. The molecule has 2 N–H and O–H groups in total. The molecule has 4 rings (SSSR count).